The number of halogens is 1. The Morgan fingerprint density at radius 1 is 1.42 bits per heavy atom. The van der Waals surface area contributed by atoms with Gasteiger partial charge in [-0.05, 0) is 12.5 Å². The molecule has 0 spiro atoms. The van der Waals surface area contributed by atoms with E-state index in [0.717, 1.165) is 22.7 Å². The van der Waals surface area contributed by atoms with Gasteiger partial charge in [-0.1, -0.05) is 36.8 Å². The first-order chi connectivity index (χ1) is 5.79. The highest BCUT2D eigenvalue weighted by Crippen LogP contribution is 2.19. The molecule has 12 heavy (non-hydrogen) atoms. The summed E-state index contributed by atoms with van der Waals surface area (Å²) in [6.45, 7) is 2.04. The molecule has 1 aliphatic carbocycles. The Hall–Kier alpha value is -0.820. The molecule has 0 saturated carbocycles. The van der Waals surface area contributed by atoms with E-state index in [1.807, 2.05) is 31.2 Å². The van der Waals surface area contributed by atoms with Crippen LogP contribution in [0.5, 0.6) is 0 Å². The SMILES string of the molecule is CC/C(Cl)=C1/C=CC=CC1=NC. The van der Waals surface area contributed by atoms with Gasteiger partial charge in [-0.2, -0.15) is 0 Å². The normalized spacial score (nSPS) is 23.4. The molecule has 0 atom stereocenters. The molecule has 0 aliphatic heterocycles. The molecule has 0 bridgehead atoms. The second kappa shape index (κ2) is 4.27. The van der Waals surface area contributed by atoms with E-state index >= 15 is 0 Å². The third-order valence-corrected chi connectivity index (χ3v) is 2.22. The Balaban J connectivity index is 3.06. The molecular formula is C10H12ClN. The zero-order valence-electron chi connectivity index (χ0n) is 7.34. The van der Waals surface area contributed by atoms with Gasteiger partial charge < -0.3 is 0 Å². The minimum absolute atomic E-state index is 0.855. The van der Waals surface area contributed by atoms with Gasteiger partial charge in [0, 0.05) is 17.7 Å². The Bertz CT molecular complexity index is 282. The Kier molecular flexibility index (Phi) is 3.30. The molecule has 0 fully saturated rings. The van der Waals surface area contributed by atoms with Crippen LogP contribution in [0.3, 0.4) is 0 Å². The monoisotopic (exact) mass is 181 g/mol. The van der Waals surface area contributed by atoms with E-state index in [9.17, 15) is 0 Å². The summed E-state index contributed by atoms with van der Waals surface area (Å²) >= 11 is 6.03. The fourth-order valence-corrected chi connectivity index (χ4v) is 1.25. The summed E-state index contributed by atoms with van der Waals surface area (Å²) < 4.78 is 0. The van der Waals surface area contributed by atoms with Crippen LogP contribution in [0, 0.1) is 0 Å². The Morgan fingerprint density at radius 2 is 2.08 bits per heavy atom. The smallest absolute Gasteiger partial charge is 0.0654 e. The summed E-state index contributed by atoms with van der Waals surface area (Å²) in [6, 6.07) is 0. The Labute approximate surface area is 78.1 Å². The summed E-state index contributed by atoms with van der Waals surface area (Å²) in [4.78, 5) is 4.13. The summed E-state index contributed by atoms with van der Waals surface area (Å²) in [6.07, 6.45) is 8.75. The maximum atomic E-state index is 6.03. The van der Waals surface area contributed by atoms with Crippen molar-refractivity contribution in [2.75, 3.05) is 7.05 Å². The van der Waals surface area contributed by atoms with Crippen molar-refractivity contribution in [1.29, 1.82) is 0 Å². The second-order valence-corrected chi connectivity index (χ2v) is 2.96. The van der Waals surface area contributed by atoms with E-state index in [-0.39, 0.29) is 0 Å². The molecule has 0 saturated heterocycles. The number of hydrogen-bond acceptors (Lipinski definition) is 1. The van der Waals surface area contributed by atoms with Crippen LogP contribution in [-0.4, -0.2) is 12.8 Å². The zero-order chi connectivity index (χ0) is 8.97. The molecule has 0 aromatic carbocycles. The predicted octanol–water partition coefficient (Wildman–Crippen LogP) is 3.09. The van der Waals surface area contributed by atoms with Crippen LogP contribution < -0.4 is 0 Å². The predicted molar refractivity (Wildman–Crippen MR) is 54.8 cm³/mol. The summed E-state index contributed by atoms with van der Waals surface area (Å²) in [5, 5.41) is 0.871. The molecule has 2 heteroatoms. The minimum Gasteiger partial charge on any atom is -0.288 e. The van der Waals surface area contributed by atoms with E-state index in [4.69, 9.17) is 11.6 Å². The Morgan fingerprint density at radius 3 is 2.67 bits per heavy atom. The summed E-state index contributed by atoms with van der Waals surface area (Å²) in [5.41, 5.74) is 2.01. The fraction of sp³-hybridized carbons (Fsp3) is 0.300. The molecular weight excluding hydrogens is 170 g/mol. The highest BCUT2D eigenvalue weighted by molar-refractivity contribution is 6.33. The van der Waals surface area contributed by atoms with E-state index in [1.54, 1.807) is 7.05 Å². The van der Waals surface area contributed by atoms with Crippen LogP contribution in [0.1, 0.15) is 13.3 Å². The van der Waals surface area contributed by atoms with Gasteiger partial charge in [0.05, 0.1) is 5.71 Å². The largest absolute Gasteiger partial charge is 0.288 e. The van der Waals surface area contributed by atoms with Gasteiger partial charge in [0.25, 0.3) is 0 Å². The number of aliphatic imine (C=N–C) groups is 1. The molecule has 0 unspecified atom stereocenters. The van der Waals surface area contributed by atoms with Gasteiger partial charge in [-0.25, -0.2) is 0 Å². The standard InChI is InChI=1S/C10H12ClN/c1-3-9(11)8-6-4-5-7-10(8)12-2/h4-7H,3H2,1-2H3/b9-8+,12-10?. The number of nitrogens with zero attached hydrogens (tertiary/aromatic N) is 1. The maximum absolute atomic E-state index is 6.03. The van der Waals surface area contributed by atoms with Crippen LogP contribution in [-0.2, 0) is 0 Å². The quantitative estimate of drug-likeness (QED) is 0.590. The van der Waals surface area contributed by atoms with Crippen LogP contribution in [0.15, 0.2) is 39.9 Å². The van der Waals surface area contributed by atoms with Gasteiger partial charge in [0.2, 0.25) is 0 Å². The third kappa shape index (κ3) is 1.86. The van der Waals surface area contributed by atoms with Crippen molar-refractivity contribution in [2.45, 2.75) is 13.3 Å². The first-order valence-electron chi connectivity index (χ1n) is 4.00. The maximum Gasteiger partial charge on any atom is 0.0654 e. The minimum atomic E-state index is 0.855. The number of rotatable bonds is 1. The van der Waals surface area contributed by atoms with E-state index in [1.165, 1.54) is 0 Å². The van der Waals surface area contributed by atoms with Crippen LogP contribution in [0.2, 0.25) is 0 Å². The van der Waals surface area contributed by atoms with Gasteiger partial charge in [-0.15, -0.1) is 0 Å². The van der Waals surface area contributed by atoms with Crippen molar-refractivity contribution in [3.8, 4) is 0 Å². The lowest BCUT2D eigenvalue weighted by Gasteiger charge is -2.07. The van der Waals surface area contributed by atoms with Crippen molar-refractivity contribution in [3.05, 3.63) is 34.9 Å². The van der Waals surface area contributed by atoms with E-state index < -0.39 is 0 Å². The molecule has 1 rings (SSSR count). The second-order valence-electron chi connectivity index (χ2n) is 2.50. The number of hydrogen-bond donors (Lipinski definition) is 0. The van der Waals surface area contributed by atoms with E-state index in [0.29, 0.717) is 0 Å². The lowest BCUT2D eigenvalue weighted by molar-refractivity contribution is 1.18. The van der Waals surface area contributed by atoms with Crippen LogP contribution in [0.25, 0.3) is 0 Å². The van der Waals surface area contributed by atoms with Crippen molar-refractivity contribution in [3.63, 3.8) is 0 Å². The molecule has 64 valence electrons. The van der Waals surface area contributed by atoms with Gasteiger partial charge in [0.15, 0.2) is 0 Å². The molecule has 0 N–H and O–H groups in total. The van der Waals surface area contributed by atoms with Gasteiger partial charge >= 0.3 is 0 Å². The molecule has 0 heterocycles. The van der Waals surface area contributed by atoms with Crippen molar-refractivity contribution < 1.29 is 0 Å². The van der Waals surface area contributed by atoms with Crippen molar-refractivity contribution >= 4 is 17.3 Å². The summed E-state index contributed by atoms with van der Waals surface area (Å²) in [7, 11) is 1.78. The highest BCUT2D eigenvalue weighted by Gasteiger charge is 2.06. The average molecular weight is 182 g/mol. The molecule has 0 amide bonds. The van der Waals surface area contributed by atoms with Crippen molar-refractivity contribution in [2.24, 2.45) is 4.99 Å². The van der Waals surface area contributed by atoms with Gasteiger partial charge in [0.1, 0.15) is 0 Å². The van der Waals surface area contributed by atoms with E-state index in [2.05, 4.69) is 4.99 Å². The molecule has 1 nitrogen and oxygen atoms in total. The first-order valence-corrected chi connectivity index (χ1v) is 4.38. The number of allylic oxidation sites excluding steroid dienone is 6. The van der Waals surface area contributed by atoms with Gasteiger partial charge in [-0.3, -0.25) is 4.99 Å². The van der Waals surface area contributed by atoms with Crippen molar-refractivity contribution in [1.82, 2.24) is 0 Å². The zero-order valence-corrected chi connectivity index (χ0v) is 8.10. The lowest BCUT2D eigenvalue weighted by Crippen LogP contribution is -2.01. The molecule has 0 aromatic heterocycles. The molecule has 0 radical (unpaired) electrons. The molecule has 1 aliphatic rings. The molecule has 0 aromatic rings. The van der Waals surface area contributed by atoms with Crippen LogP contribution >= 0.6 is 11.6 Å². The topological polar surface area (TPSA) is 12.4 Å². The third-order valence-electron chi connectivity index (χ3n) is 1.75. The summed E-state index contributed by atoms with van der Waals surface area (Å²) in [5.74, 6) is 0. The fourth-order valence-electron chi connectivity index (χ4n) is 1.09. The lowest BCUT2D eigenvalue weighted by atomic mass is 10.0. The van der Waals surface area contributed by atoms with Crippen LogP contribution in [0.4, 0.5) is 0 Å². The first kappa shape index (κ1) is 9.27. The average Bonchev–Trinajstić information content (AvgIpc) is 2.16. The highest BCUT2D eigenvalue weighted by atomic mass is 35.5.